The van der Waals surface area contributed by atoms with E-state index in [9.17, 15) is 9.59 Å². The molecule has 26 heavy (non-hydrogen) atoms. The molecule has 11 nitrogen and oxygen atoms in total. The van der Waals surface area contributed by atoms with E-state index in [-0.39, 0.29) is 19.2 Å². The zero-order valence-electron chi connectivity index (χ0n) is 13.8. The van der Waals surface area contributed by atoms with Crippen molar-refractivity contribution in [2.24, 2.45) is 0 Å². The number of carbonyl (C=O) groups excluding carboxylic acids is 2. The lowest BCUT2D eigenvalue weighted by atomic mass is 9.92. The molecule has 4 heterocycles. The Hall–Kier alpha value is -3.24. The molecule has 0 saturated carbocycles. The van der Waals surface area contributed by atoms with E-state index >= 15 is 0 Å². The molecule has 2 amide bonds. The van der Waals surface area contributed by atoms with Gasteiger partial charge in [0.2, 0.25) is 5.82 Å². The van der Waals surface area contributed by atoms with Crippen molar-refractivity contribution in [3.05, 3.63) is 24.4 Å². The van der Waals surface area contributed by atoms with Crippen molar-refractivity contribution in [1.82, 2.24) is 35.4 Å². The van der Waals surface area contributed by atoms with Crippen LogP contribution in [0.15, 0.2) is 18.6 Å². The topological polar surface area (TPSA) is 135 Å². The van der Waals surface area contributed by atoms with Crippen LogP contribution in [0.2, 0.25) is 0 Å². The Morgan fingerprint density at radius 2 is 2.19 bits per heavy atom. The molecule has 0 bridgehead atoms. The Kier molecular flexibility index (Phi) is 4.11. The van der Waals surface area contributed by atoms with Crippen molar-refractivity contribution in [3.8, 4) is 11.5 Å². The van der Waals surface area contributed by atoms with E-state index < -0.39 is 11.8 Å². The quantitative estimate of drug-likeness (QED) is 0.755. The minimum Gasteiger partial charge on any atom is -0.430 e. The average Bonchev–Trinajstić information content (AvgIpc) is 3.28. The first-order valence-electron chi connectivity index (χ1n) is 8.20. The maximum absolute atomic E-state index is 12.3. The van der Waals surface area contributed by atoms with Gasteiger partial charge in [0, 0.05) is 38.3 Å². The molecular formula is C15H17N7O4. The number of hydrogen-bond acceptors (Lipinski definition) is 8. The summed E-state index contributed by atoms with van der Waals surface area (Å²) >= 11 is 0. The fourth-order valence-electron chi connectivity index (χ4n) is 2.96. The number of amides is 2. The van der Waals surface area contributed by atoms with Gasteiger partial charge in [0.05, 0.1) is 12.7 Å². The minimum absolute atomic E-state index is 0.206. The number of urea groups is 1. The van der Waals surface area contributed by atoms with Crippen LogP contribution in [-0.4, -0.2) is 67.5 Å². The van der Waals surface area contributed by atoms with Gasteiger partial charge in [0.25, 0.3) is 0 Å². The van der Waals surface area contributed by atoms with Gasteiger partial charge in [-0.15, -0.1) is 0 Å². The standard InChI is InChI=1S/C15H17N7O4/c23-13(22-5-1-15(2-6-22)9-25-14(24)26-15)18-8-11-19-12(21-20-11)10-7-16-3-4-17-10/h3-4,7H,1-2,5-6,8-9H2,(H,18,23)(H,19,20,21). The summed E-state index contributed by atoms with van der Waals surface area (Å²) in [6.45, 7) is 1.45. The number of piperidine rings is 1. The number of cyclic esters (lactones) is 1. The van der Waals surface area contributed by atoms with Crippen LogP contribution in [0.1, 0.15) is 18.7 Å². The van der Waals surface area contributed by atoms with Gasteiger partial charge in [-0.1, -0.05) is 0 Å². The number of rotatable bonds is 3. The SMILES string of the molecule is O=C1OCC2(CCN(C(=O)NCc3nc(-c4cnccn4)n[nH]3)CC2)O1. The highest BCUT2D eigenvalue weighted by Gasteiger charge is 2.45. The first-order chi connectivity index (χ1) is 12.6. The van der Waals surface area contributed by atoms with E-state index in [0.29, 0.717) is 43.3 Å². The Morgan fingerprint density at radius 3 is 2.88 bits per heavy atom. The molecule has 2 aromatic rings. The molecule has 4 rings (SSSR count). The van der Waals surface area contributed by atoms with Gasteiger partial charge < -0.3 is 19.7 Å². The van der Waals surface area contributed by atoms with E-state index in [0.717, 1.165) is 0 Å². The number of aromatic amines is 1. The van der Waals surface area contributed by atoms with Crippen LogP contribution in [0.4, 0.5) is 9.59 Å². The number of ether oxygens (including phenoxy) is 2. The van der Waals surface area contributed by atoms with Crippen LogP contribution in [0, 0.1) is 0 Å². The summed E-state index contributed by atoms with van der Waals surface area (Å²) in [4.78, 5) is 37.5. The Balaban J connectivity index is 1.28. The molecule has 0 aliphatic carbocycles. The van der Waals surface area contributed by atoms with E-state index in [2.05, 4.69) is 30.5 Å². The summed E-state index contributed by atoms with van der Waals surface area (Å²) in [5, 5.41) is 9.64. The third-order valence-corrected chi connectivity index (χ3v) is 4.45. The number of aromatic nitrogens is 5. The van der Waals surface area contributed by atoms with Crippen LogP contribution in [0.25, 0.3) is 11.5 Å². The second-order valence-corrected chi connectivity index (χ2v) is 6.17. The van der Waals surface area contributed by atoms with E-state index in [1.165, 1.54) is 0 Å². The second-order valence-electron chi connectivity index (χ2n) is 6.17. The lowest BCUT2D eigenvalue weighted by Crippen LogP contribution is -2.50. The fraction of sp³-hybridized carbons (Fsp3) is 0.467. The largest absolute Gasteiger partial charge is 0.509 e. The summed E-state index contributed by atoms with van der Waals surface area (Å²) in [6, 6.07) is -0.206. The fourth-order valence-corrected chi connectivity index (χ4v) is 2.96. The van der Waals surface area contributed by atoms with Crippen molar-refractivity contribution in [1.29, 1.82) is 0 Å². The van der Waals surface area contributed by atoms with Crippen LogP contribution in [0.3, 0.4) is 0 Å². The van der Waals surface area contributed by atoms with Crippen LogP contribution >= 0.6 is 0 Å². The van der Waals surface area contributed by atoms with Crippen molar-refractivity contribution in [3.63, 3.8) is 0 Å². The zero-order chi connectivity index (χ0) is 18.0. The Morgan fingerprint density at radius 1 is 1.35 bits per heavy atom. The molecule has 0 atom stereocenters. The third kappa shape index (κ3) is 3.27. The van der Waals surface area contributed by atoms with Crippen molar-refractivity contribution in [2.45, 2.75) is 25.0 Å². The van der Waals surface area contributed by atoms with E-state index in [1.54, 1.807) is 23.5 Å². The Labute approximate surface area is 148 Å². The van der Waals surface area contributed by atoms with E-state index in [1.807, 2.05) is 0 Å². The normalized spacial score (nSPS) is 18.5. The molecular weight excluding hydrogens is 342 g/mol. The first-order valence-corrected chi connectivity index (χ1v) is 8.20. The number of nitrogens with zero attached hydrogens (tertiary/aromatic N) is 5. The zero-order valence-corrected chi connectivity index (χ0v) is 13.8. The molecule has 1 spiro atoms. The molecule has 11 heteroatoms. The highest BCUT2D eigenvalue weighted by Crippen LogP contribution is 2.31. The van der Waals surface area contributed by atoms with Gasteiger partial charge in [-0.05, 0) is 0 Å². The summed E-state index contributed by atoms with van der Waals surface area (Å²) in [5.41, 5.74) is -0.0271. The number of carbonyl (C=O) groups is 2. The smallest absolute Gasteiger partial charge is 0.430 e. The van der Waals surface area contributed by atoms with Gasteiger partial charge in [0.1, 0.15) is 18.1 Å². The maximum Gasteiger partial charge on any atom is 0.509 e. The van der Waals surface area contributed by atoms with Crippen molar-refractivity contribution in [2.75, 3.05) is 19.7 Å². The average molecular weight is 359 g/mol. The van der Waals surface area contributed by atoms with E-state index in [4.69, 9.17) is 9.47 Å². The first kappa shape index (κ1) is 16.2. The molecule has 136 valence electrons. The van der Waals surface area contributed by atoms with Crippen molar-refractivity contribution >= 4 is 12.2 Å². The Bertz CT molecular complexity index is 801. The van der Waals surface area contributed by atoms with Crippen LogP contribution in [0.5, 0.6) is 0 Å². The van der Waals surface area contributed by atoms with Gasteiger partial charge in [-0.2, -0.15) is 5.10 Å². The molecule has 2 aromatic heterocycles. The molecule has 2 fully saturated rings. The monoisotopic (exact) mass is 359 g/mol. The minimum atomic E-state index is -0.632. The molecule has 0 aromatic carbocycles. The predicted octanol–water partition coefficient (Wildman–Crippen LogP) is 0.473. The van der Waals surface area contributed by atoms with Crippen molar-refractivity contribution < 1.29 is 19.1 Å². The number of nitrogens with one attached hydrogen (secondary N) is 2. The molecule has 2 aliphatic heterocycles. The molecule has 0 radical (unpaired) electrons. The van der Waals surface area contributed by atoms with Crippen LogP contribution < -0.4 is 5.32 Å². The summed E-state index contributed by atoms with van der Waals surface area (Å²) < 4.78 is 10.1. The summed E-state index contributed by atoms with van der Waals surface area (Å²) in [6.07, 6.45) is 5.18. The number of hydrogen-bond donors (Lipinski definition) is 2. The highest BCUT2D eigenvalue weighted by atomic mass is 16.8. The summed E-state index contributed by atoms with van der Waals surface area (Å²) in [7, 11) is 0. The van der Waals surface area contributed by atoms with Gasteiger partial charge in [-0.25, -0.2) is 19.6 Å². The van der Waals surface area contributed by atoms with Gasteiger partial charge >= 0.3 is 12.2 Å². The summed E-state index contributed by atoms with van der Waals surface area (Å²) in [5.74, 6) is 0.941. The lowest BCUT2D eigenvalue weighted by molar-refractivity contribution is 0.00932. The predicted molar refractivity (Wildman–Crippen MR) is 85.6 cm³/mol. The van der Waals surface area contributed by atoms with Gasteiger partial charge in [0.15, 0.2) is 5.60 Å². The molecule has 2 N–H and O–H groups in total. The molecule has 2 aliphatic rings. The number of likely N-dealkylation sites (tertiary alicyclic amines) is 1. The maximum atomic E-state index is 12.3. The lowest BCUT2D eigenvalue weighted by Gasteiger charge is -2.36. The molecule has 0 unspecified atom stereocenters. The van der Waals surface area contributed by atoms with Gasteiger partial charge in [-0.3, -0.25) is 10.1 Å². The third-order valence-electron chi connectivity index (χ3n) is 4.45. The highest BCUT2D eigenvalue weighted by molar-refractivity contribution is 5.74. The molecule has 2 saturated heterocycles. The number of H-pyrrole nitrogens is 1. The van der Waals surface area contributed by atoms with Crippen LogP contribution in [-0.2, 0) is 16.0 Å². The second kappa shape index (κ2) is 6.58.